The molecule has 4 rings (SSSR count). The number of Topliss-reactive ketones (excluding diaryl/α,β-unsaturated/α-hetero) is 1. The number of carbonyl (C=O) groups is 6. The third kappa shape index (κ3) is 9.10. The van der Waals surface area contributed by atoms with Crippen LogP contribution in [0.3, 0.4) is 0 Å². The van der Waals surface area contributed by atoms with Gasteiger partial charge in [0.2, 0.25) is 23.5 Å². The molecule has 5 amide bonds. The summed E-state index contributed by atoms with van der Waals surface area (Å²) in [7, 11) is 0. The van der Waals surface area contributed by atoms with Crippen molar-refractivity contribution in [3.05, 3.63) is 35.9 Å². The molecule has 0 bridgehead atoms. The summed E-state index contributed by atoms with van der Waals surface area (Å²) in [5.41, 5.74) is -0.772. The van der Waals surface area contributed by atoms with Crippen LogP contribution in [0.25, 0.3) is 0 Å². The van der Waals surface area contributed by atoms with Crippen LogP contribution in [0.4, 0.5) is 4.79 Å². The van der Waals surface area contributed by atoms with Gasteiger partial charge in [0, 0.05) is 13.1 Å². The first-order valence-electron chi connectivity index (χ1n) is 16.5. The second kappa shape index (κ2) is 13.6. The van der Waals surface area contributed by atoms with Crippen LogP contribution >= 0.6 is 0 Å². The lowest BCUT2D eigenvalue weighted by Crippen LogP contribution is -2.61. The van der Waals surface area contributed by atoms with Crippen LogP contribution in [0.2, 0.25) is 0 Å². The molecule has 2 aliphatic carbocycles. The lowest BCUT2D eigenvalue weighted by Gasteiger charge is -2.38. The molecular weight excluding hydrogens is 602 g/mol. The number of likely N-dealkylation sites (tertiary alicyclic amines) is 1. The van der Waals surface area contributed by atoms with E-state index in [-0.39, 0.29) is 36.3 Å². The number of nitrogens with one attached hydrogen (secondary N) is 4. The molecule has 0 radical (unpaired) electrons. The normalized spacial score (nSPS) is 22.6. The molecule has 12 heteroatoms. The maximum absolute atomic E-state index is 14.1. The summed E-state index contributed by atoms with van der Waals surface area (Å²) < 4.78 is 5.43. The monoisotopic (exact) mass is 653 g/mol. The molecule has 2 saturated carbocycles. The first-order chi connectivity index (χ1) is 21.8. The maximum atomic E-state index is 14.1. The molecule has 5 atom stereocenters. The second-order valence-corrected chi connectivity index (χ2v) is 15.9. The molecule has 3 unspecified atom stereocenters. The fourth-order valence-electron chi connectivity index (χ4n) is 6.49. The molecule has 0 spiro atoms. The van der Waals surface area contributed by atoms with Crippen molar-refractivity contribution in [2.24, 2.45) is 28.6 Å². The average Bonchev–Trinajstić information content (AvgIpc) is 3.83. The number of hydrogen-bond donors (Lipinski definition) is 4. The third-order valence-corrected chi connectivity index (χ3v) is 9.40. The van der Waals surface area contributed by atoms with Crippen LogP contribution in [0.1, 0.15) is 80.2 Å². The quantitative estimate of drug-likeness (QED) is 0.252. The highest BCUT2D eigenvalue weighted by Crippen LogP contribution is 2.65. The molecule has 1 aliphatic heterocycles. The minimum Gasteiger partial charge on any atom is -0.444 e. The molecule has 12 nitrogen and oxygen atoms in total. The second-order valence-electron chi connectivity index (χ2n) is 15.9. The van der Waals surface area contributed by atoms with E-state index in [0.29, 0.717) is 13.0 Å². The third-order valence-electron chi connectivity index (χ3n) is 9.40. The smallest absolute Gasteiger partial charge is 0.408 e. The summed E-state index contributed by atoms with van der Waals surface area (Å²) in [6.45, 7) is 15.0. The van der Waals surface area contributed by atoms with Gasteiger partial charge in [-0.2, -0.15) is 0 Å². The summed E-state index contributed by atoms with van der Waals surface area (Å²) in [6, 6.07) is 6.34. The maximum Gasteiger partial charge on any atom is 0.408 e. The van der Waals surface area contributed by atoms with Crippen molar-refractivity contribution < 1.29 is 33.5 Å². The molecule has 4 N–H and O–H groups in total. The number of nitrogens with zero attached hydrogens (tertiary/aromatic N) is 1. The van der Waals surface area contributed by atoms with Crippen LogP contribution in [0.5, 0.6) is 0 Å². The van der Waals surface area contributed by atoms with Crippen LogP contribution in [-0.4, -0.2) is 77.2 Å². The lowest BCUT2D eigenvalue weighted by atomic mass is 9.85. The fraction of sp³-hybridized carbons (Fsp3) is 0.657. The van der Waals surface area contributed by atoms with Crippen LogP contribution in [-0.2, 0) is 35.3 Å². The summed E-state index contributed by atoms with van der Waals surface area (Å²) in [6.07, 6.45) is 1.34. The number of alkyl carbamates (subject to hydrolysis) is 1. The van der Waals surface area contributed by atoms with Gasteiger partial charge in [0.15, 0.2) is 0 Å². The van der Waals surface area contributed by atoms with E-state index in [0.717, 1.165) is 18.4 Å². The van der Waals surface area contributed by atoms with Gasteiger partial charge in [-0.15, -0.1) is 0 Å². The van der Waals surface area contributed by atoms with Gasteiger partial charge >= 0.3 is 6.09 Å². The number of amides is 5. The number of piperidine rings is 1. The topological polar surface area (TPSA) is 163 Å². The molecule has 1 heterocycles. The van der Waals surface area contributed by atoms with Crippen molar-refractivity contribution in [3.63, 3.8) is 0 Å². The zero-order chi connectivity index (χ0) is 34.9. The first kappa shape index (κ1) is 35.9. The number of carbonyl (C=O) groups excluding carboxylic acids is 6. The molecule has 1 saturated heterocycles. The predicted octanol–water partition coefficient (Wildman–Crippen LogP) is 2.70. The van der Waals surface area contributed by atoms with E-state index >= 15 is 0 Å². The van der Waals surface area contributed by atoms with Gasteiger partial charge in [0.1, 0.15) is 17.7 Å². The Kier molecular flexibility index (Phi) is 10.4. The minimum atomic E-state index is -1.10. The van der Waals surface area contributed by atoms with Gasteiger partial charge in [0.25, 0.3) is 5.91 Å². The van der Waals surface area contributed by atoms with Gasteiger partial charge < -0.3 is 30.9 Å². The number of fused-ring (bicyclic) bond motifs is 1. The molecular formula is C35H51N5O7. The van der Waals surface area contributed by atoms with Crippen molar-refractivity contribution >= 4 is 35.5 Å². The van der Waals surface area contributed by atoms with E-state index < -0.39 is 64.6 Å². The highest BCUT2D eigenvalue weighted by Gasteiger charge is 2.70. The SMILES string of the molecule is CC(C)(C)OC(=O)N[C@H](C(=O)N1C[C@H]2C(C1C(=O)NC(CC1CC1)C(=O)C(=O)NCC(=O)NCc1ccccc1)C2(C)C)C(C)(C)C. The standard InChI is InChI=1S/C35H51N5O7/c1-33(2,3)28(39-32(46)47-34(4,5)6)31(45)40-19-22-25(35(22,7)8)26(40)29(43)38-23(16-20-14-15-20)27(42)30(44)37-18-24(41)36-17-21-12-10-9-11-13-21/h9-13,20,22-23,25-26,28H,14-19H2,1-8H3,(H,36,41)(H,37,44)(H,38,43)(H,39,46)/t22-,23?,25?,26?,28+/m0/s1. The number of benzene rings is 1. The summed E-state index contributed by atoms with van der Waals surface area (Å²) in [4.78, 5) is 81.0. The lowest BCUT2D eigenvalue weighted by molar-refractivity contribution is -0.145. The van der Waals surface area contributed by atoms with Gasteiger partial charge in [-0.3, -0.25) is 24.0 Å². The molecule has 0 aromatic heterocycles. The fourth-order valence-corrected chi connectivity index (χ4v) is 6.49. The van der Waals surface area contributed by atoms with Gasteiger partial charge in [-0.05, 0) is 61.3 Å². The van der Waals surface area contributed by atoms with Crippen molar-refractivity contribution in [2.45, 2.75) is 105 Å². The van der Waals surface area contributed by atoms with Crippen molar-refractivity contribution in [2.75, 3.05) is 13.1 Å². The van der Waals surface area contributed by atoms with E-state index in [1.165, 1.54) is 4.90 Å². The Hall–Kier alpha value is -3.96. The van der Waals surface area contributed by atoms with Crippen LogP contribution in [0.15, 0.2) is 30.3 Å². The highest BCUT2D eigenvalue weighted by atomic mass is 16.6. The van der Waals surface area contributed by atoms with E-state index in [9.17, 15) is 28.8 Å². The van der Waals surface area contributed by atoms with Crippen molar-refractivity contribution in [1.29, 1.82) is 0 Å². The highest BCUT2D eigenvalue weighted by molar-refractivity contribution is 6.38. The molecule has 47 heavy (non-hydrogen) atoms. The van der Waals surface area contributed by atoms with Crippen molar-refractivity contribution in [3.8, 4) is 0 Å². The molecule has 258 valence electrons. The van der Waals surface area contributed by atoms with E-state index in [4.69, 9.17) is 4.74 Å². The largest absolute Gasteiger partial charge is 0.444 e. The number of hydrogen-bond acceptors (Lipinski definition) is 7. The number of rotatable bonds is 12. The van der Waals surface area contributed by atoms with Crippen LogP contribution < -0.4 is 21.3 Å². The van der Waals surface area contributed by atoms with E-state index in [1.54, 1.807) is 20.8 Å². The Morgan fingerprint density at radius 3 is 2.15 bits per heavy atom. The molecule has 1 aromatic rings. The zero-order valence-corrected chi connectivity index (χ0v) is 28.9. The summed E-state index contributed by atoms with van der Waals surface area (Å²) in [5, 5.41) is 10.6. The number of ketones is 1. The van der Waals surface area contributed by atoms with E-state index in [1.807, 2.05) is 65.0 Å². The van der Waals surface area contributed by atoms with Gasteiger partial charge in [-0.1, -0.05) is 77.8 Å². The van der Waals surface area contributed by atoms with Crippen molar-refractivity contribution in [1.82, 2.24) is 26.2 Å². The van der Waals surface area contributed by atoms with E-state index in [2.05, 4.69) is 21.3 Å². The summed E-state index contributed by atoms with van der Waals surface area (Å²) >= 11 is 0. The minimum absolute atomic E-state index is 0.0691. The Balaban J connectivity index is 1.44. The predicted molar refractivity (Wildman–Crippen MR) is 174 cm³/mol. The number of ether oxygens (including phenoxy) is 1. The van der Waals surface area contributed by atoms with Crippen LogP contribution in [0, 0.1) is 28.6 Å². The molecule has 3 aliphatic rings. The average molecular weight is 654 g/mol. The zero-order valence-electron chi connectivity index (χ0n) is 28.9. The Morgan fingerprint density at radius 1 is 0.936 bits per heavy atom. The van der Waals surface area contributed by atoms with Gasteiger partial charge in [0.05, 0.1) is 12.6 Å². The first-order valence-corrected chi connectivity index (χ1v) is 16.5. The molecule has 3 fully saturated rings. The Bertz CT molecular complexity index is 1380. The Labute approximate surface area is 277 Å². The Morgan fingerprint density at radius 2 is 1.57 bits per heavy atom. The van der Waals surface area contributed by atoms with Gasteiger partial charge in [-0.25, -0.2) is 4.79 Å². The molecule has 1 aromatic carbocycles. The summed E-state index contributed by atoms with van der Waals surface area (Å²) in [5.74, 6) is -3.03.